The van der Waals surface area contributed by atoms with Crippen molar-refractivity contribution >= 4 is 22.8 Å². The molecule has 1 amide bonds. The Morgan fingerprint density at radius 2 is 1.83 bits per heavy atom. The van der Waals surface area contributed by atoms with Gasteiger partial charge in [0.15, 0.2) is 11.0 Å². The fraction of sp³-hybridized carbons (Fsp3) is 0.292. The molecule has 154 valence electrons. The molecule has 1 atom stereocenters. The van der Waals surface area contributed by atoms with Crippen LogP contribution >= 0.6 is 0 Å². The van der Waals surface area contributed by atoms with Gasteiger partial charge in [0, 0.05) is 17.7 Å². The van der Waals surface area contributed by atoms with Crippen LogP contribution in [-0.2, 0) is 9.53 Å². The molecule has 1 saturated heterocycles. The molecule has 0 N–H and O–H groups in total. The zero-order valence-electron chi connectivity index (χ0n) is 17.0. The fourth-order valence-electron chi connectivity index (χ4n) is 4.05. The molecule has 0 radical (unpaired) electrons. The number of rotatable bonds is 3. The van der Waals surface area contributed by atoms with Gasteiger partial charge in [0.2, 0.25) is 0 Å². The van der Waals surface area contributed by atoms with Crippen LogP contribution in [-0.4, -0.2) is 36.5 Å². The molecule has 1 fully saturated rings. The number of fused-ring (bicyclic) bond motifs is 1. The van der Waals surface area contributed by atoms with Crippen LogP contribution in [0, 0.1) is 6.92 Å². The van der Waals surface area contributed by atoms with Gasteiger partial charge in [0.05, 0.1) is 18.1 Å². The first-order chi connectivity index (χ1) is 14.5. The normalized spacial score (nSPS) is 16.5. The van der Waals surface area contributed by atoms with Gasteiger partial charge in [-0.25, -0.2) is 4.79 Å². The van der Waals surface area contributed by atoms with E-state index in [4.69, 9.17) is 9.15 Å². The number of carbonyl (C=O) groups excluding carboxylic acids is 2. The van der Waals surface area contributed by atoms with Gasteiger partial charge >= 0.3 is 5.97 Å². The molecule has 0 bridgehead atoms. The monoisotopic (exact) mass is 405 g/mol. The molecular formula is C24H23NO5. The predicted molar refractivity (Wildman–Crippen MR) is 113 cm³/mol. The van der Waals surface area contributed by atoms with Crippen molar-refractivity contribution in [2.75, 3.05) is 13.7 Å². The standard InChI is InChI=1S/C24H23NO5/c1-15-20(26)17-11-8-12-18(22(17)30-21(15)16-9-4-3-5-10-16)23(27)25-14-7-6-13-19(25)24(28)29-2/h3-5,8-12,19H,6-7,13-14H2,1-2H3. The lowest BCUT2D eigenvalue weighted by Gasteiger charge is -2.33. The van der Waals surface area contributed by atoms with E-state index in [0.29, 0.717) is 29.7 Å². The van der Waals surface area contributed by atoms with Crippen molar-refractivity contribution in [2.45, 2.75) is 32.2 Å². The maximum atomic E-state index is 13.4. The Kier molecular flexibility index (Phi) is 5.40. The van der Waals surface area contributed by atoms with Gasteiger partial charge < -0.3 is 14.1 Å². The van der Waals surface area contributed by atoms with Gasteiger partial charge in [-0.1, -0.05) is 36.4 Å². The molecule has 30 heavy (non-hydrogen) atoms. The molecule has 6 heteroatoms. The molecule has 6 nitrogen and oxygen atoms in total. The molecule has 0 saturated carbocycles. The van der Waals surface area contributed by atoms with Gasteiger partial charge in [-0.2, -0.15) is 0 Å². The zero-order valence-corrected chi connectivity index (χ0v) is 17.0. The van der Waals surface area contributed by atoms with E-state index in [0.717, 1.165) is 18.4 Å². The molecule has 1 aromatic heterocycles. The molecule has 2 aromatic carbocycles. The minimum absolute atomic E-state index is 0.173. The van der Waals surface area contributed by atoms with Crippen LogP contribution in [0.2, 0.25) is 0 Å². The highest BCUT2D eigenvalue weighted by atomic mass is 16.5. The second-order valence-corrected chi connectivity index (χ2v) is 7.47. The minimum atomic E-state index is -0.628. The van der Waals surface area contributed by atoms with E-state index in [1.807, 2.05) is 30.3 Å². The lowest BCUT2D eigenvalue weighted by Crippen LogP contribution is -2.48. The summed E-state index contributed by atoms with van der Waals surface area (Å²) in [5, 5.41) is 0.352. The van der Waals surface area contributed by atoms with Crippen LogP contribution in [0.15, 0.2) is 57.7 Å². The summed E-state index contributed by atoms with van der Waals surface area (Å²) in [6, 6.07) is 13.7. The van der Waals surface area contributed by atoms with Crippen LogP contribution in [0.1, 0.15) is 35.2 Å². The van der Waals surface area contributed by atoms with Gasteiger partial charge in [0.1, 0.15) is 11.8 Å². The number of carbonyl (C=O) groups is 2. The van der Waals surface area contributed by atoms with Crippen LogP contribution < -0.4 is 5.43 Å². The third-order valence-corrected chi connectivity index (χ3v) is 5.65. The quantitative estimate of drug-likeness (QED) is 0.617. The Morgan fingerprint density at radius 3 is 2.57 bits per heavy atom. The number of nitrogens with zero attached hydrogens (tertiary/aromatic N) is 1. The largest absolute Gasteiger partial charge is 0.467 e. The second-order valence-electron chi connectivity index (χ2n) is 7.47. The van der Waals surface area contributed by atoms with Gasteiger partial charge in [0.25, 0.3) is 5.91 Å². The van der Waals surface area contributed by atoms with E-state index in [-0.39, 0.29) is 22.5 Å². The summed E-state index contributed by atoms with van der Waals surface area (Å²) < 4.78 is 11.1. The van der Waals surface area contributed by atoms with Gasteiger partial charge in [-0.15, -0.1) is 0 Å². The van der Waals surface area contributed by atoms with Crippen LogP contribution in [0.5, 0.6) is 0 Å². The van der Waals surface area contributed by atoms with E-state index in [9.17, 15) is 14.4 Å². The van der Waals surface area contributed by atoms with E-state index >= 15 is 0 Å². The number of benzene rings is 2. The zero-order chi connectivity index (χ0) is 21.3. The molecule has 4 rings (SSSR count). The number of methoxy groups -OCH3 is 1. The number of ether oxygens (including phenoxy) is 1. The summed E-state index contributed by atoms with van der Waals surface area (Å²) in [4.78, 5) is 40.2. The number of amides is 1. The molecule has 1 aliphatic heterocycles. The van der Waals surface area contributed by atoms with E-state index in [1.54, 1.807) is 25.1 Å². The third kappa shape index (κ3) is 3.38. The van der Waals surface area contributed by atoms with Crippen molar-refractivity contribution < 1.29 is 18.7 Å². The average Bonchev–Trinajstić information content (AvgIpc) is 2.80. The molecule has 0 aliphatic carbocycles. The van der Waals surface area contributed by atoms with E-state index < -0.39 is 12.0 Å². The van der Waals surface area contributed by atoms with Crippen molar-refractivity contribution in [2.24, 2.45) is 0 Å². The minimum Gasteiger partial charge on any atom is -0.467 e. The number of hydrogen-bond acceptors (Lipinski definition) is 5. The maximum Gasteiger partial charge on any atom is 0.328 e. The smallest absolute Gasteiger partial charge is 0.328 e. The summed E-state index contributed by atoms with van der Waals surface area (Å²) in [6.07, 6.45) is 2.22. The number of hydrogen-bond donors (Lipinski definition) is 0. The summed E-state index contributed by atoms with van der Waals surface area (Å²) in [5.74, 6) is -0.316. The molecule has 1 aliphatic rings. The Balaban J connectivity index is 1.87. The molecule has 0 spiro atoms. The molecule has 1 unspecified atom stereocenters. The summed E-state index contributed by atoms with van der Waals surface area (Å²) >= 11 is 0. The van der Waals surface area contributed by atoms with Crippen LogP contribution in [0.4, 0.5) is 0 Å². The van der Waals surface area contributed by atoms with Crippen LogP contribution in [0.3, 0.4) is 0 Å². The van der Waals surface area contributed by atoms with E-state index in [1.165, 1.54) is 12.0 Å². The Labute approximate surface area is 174 Å². The Hall–Kier alpha value is -3.41. The number of piperidine rings is 1. The highest BCUT2D eigenvalue weighted by molar-refractivity contribution is 6.06. The van der Waals surface area contributed by atoms with Crippen molar-refractivity contribution in [1.29, 1.82) is 0 Å². The van der Waals surface area contributed by atoms with Crippen molar-refractivity contribution in [1.82, 2.24) is 4.90 Å². The summed E-state index contributed by atoms with van der Waals surface area (Å²) in [7, 11) is 1.32. The highest BCUT2D eigenvalue weighted by Gasteiger charge is 2.34. The third-order valence-electron chi connectivity index (χ3n) is 5.65. The first-order valence-electron chi connectivity index (χ1n) is 10.0. The summed E-state index contributed by atoms with van der Waals surface area (Å²) in [6.45, 7) is 2.18. The van der Waals surface area contributed by atoms with E-state index in [2.05, 4.69) is 0 Å². The van der Waals surface area contributed by atoms with Crippen molar-refractivity contribution in [3.8, 4) is 11.3 Å². The highest BCUT2D eigenvalue weighted by Crippen LogP contribution is 2.29. The molecule has 3 aromatic rings. The number of likely N-dealkylation sites (tertiary alicyclic amines) is 1. The fourth-order valence-corrected chi connectivity index (χ4v) is 4.05. The molecular weight excluding hydrogens is 382 g/mol. The number of para-hydroxylation sites is 1. The maximum absolute atomic E-state index is 13.4. The lowest BCUT2D eigenvalue weighted by atomic mass is 9.99. The van der Waals surface area contributed by atoms with Gasteiger partial charge in [-0.3, -0.25) is 9.59 Å². The van der Waals surface area contributed by atoms with Crippen molar-refractivity contribution in [3.05, 3.63) is 69.9 Å². The summed E-state index contributed by atoms with van der Waals surface area (Å²) in [5.41, 5.74) is 1.60. The Bertz CT molecular complexity index is 1170. The SMILES string of the molecule is COC(=O)C1CCCCN1C(=O)c1cccc2c(=O)c(C)c(-c3ccccc3)oc12. The van der Waals surface area contributed by atoms with Crippen molar-refractivity contribution in [3.63, 3.8) is 0 Å². The predicted octanol–water partition coefficient (Wildman–Crippen LogP) is 3.94. The first kappa shape index (κ1) is 19.9. The average molecular weight is 405 g/mol. The Morgan fingerprint density at radius 1 is 1.07 bits per heavy atom. The lowest BCUT2D eigenvalue weighted by molar-refractivity contribution is -0.147. The molecule has 2 heterocycles. The van der Waals surface area contributed by atoms with Crippen LogP contribution in [0.25, 0.3) is 22.3 Å². The first-order valence-corrected chi connectivity index (χ1v) is 10.0. The second kappa shape index (κ2) is 8.14. The topological polar surface area (TPSA) is 76.8 Å². The number of esters is 1. The van der Waals surface area contributed by atoms with Gasteiger partial charge in [-0.05, 0) is 38.3 Å².